The van der Waals surface area contributed by atoms with Crippen molar-refractivity contribution in [3.05, 3.63) is 218 Å². The van der Waals surface area contributed by atoms with Crippen LogP contribution in [0.3, 0.4) is 0 Å². The van der Waals surface area contributed by atoms with Crippen molar-refractivity contribution < 1.29 is 0 Å². The third kappa shape index (κ3) is 7.37. The van der Waals surface area contributed by atoms with Gasteiger partial charge in [0.1, 0.15) is 0 Å². The van der Waals surface area contributed by atoms with Crippen LogP contribution in [0.1, 0.15) is 0 Å². The molecule has 60 heavy (non-hydrogen) atoms. The molecule has 0 aliphatic rings. The predicted octanol–water partition coefficient (Wildman–Crippen LogP) is 13.1. The Hall–Kier alpha value is -8.22. The summed E-state index contributed by atoms with van der Waals surface area (Å²) in [5.41, 5.74) is 11.7. The van der Waals surface area contributed by atoms with E-state index in [0.29, 0.717) is 34.9 Å². The number of rotatable bonds is 9. The summed E-state index contributed by atoms with van der Waals surface area (Å²) in [5, 5.41) is 0. The summed E-state index contributed by atoms with van der Waals surface area (Å²) in [4.78, 5) is 30.6. The van der Waals surface area contributed by atoms with Gasteiger partial charge in [0, 0.05) is 33.4 Å². The van der Waals surface area contributed by atoms with Crippen LogP contribution in [0.15, 0.2) is 218 Å². The molecule has 0 spiro atoms. The lowest BCUT2D eigenvalue weighted by Gasteiger charge is -2.17. The van der Waals surface area contributed by atoms with E-state index in [-0.39, 0.29) is 0 Å². The van der Waals surface area contributed by atoms with E-state index in [0.717, 1.165) is 66.8 Å². The lowest BCUT2D eigenvalue weighted by atomic mass is 9.90. The summed E-state index contributed by atoms with van der Waals surface area (Å²) in [5.74, 6) is 3.60. The van der Waals surface area contributed by atoms with E-state index in [1.807, 2.05) is 115 Å². The Labute approximate surface area is 348 Å². The van der Waals surface area contributed by atoms with Crippen molar-refractivity contribution in [1.82, 2.24) is 29.9 Å². The van der Waals surface area contributed by atoms with Crippen LogP contribution in [-0.4, -0.2) is 29.9 Å². The van der Waals surface area contributed by atoms with Crippen molar-refractivity contribution in [2.75, 3.05) is 0 Å². The Kier molecular flexibility index (Phi) is 9.84. The van der Waals surface area contributed by atoms with E-state index < -0.39 is 0 Å². The molecule has 282 valence electrons. The molecule has 6 heteroatoms. The van der Waals surface area contributed by atoms with Crippen LogP contribution in [-0.2, 0) is 0 Å². The molecule has 0 radical (unpaired) electrons. The molecule has 0 aliphatic heterocycles. The van der Waals surface area contributed by atoms with Crippen LogP contribution in [0.25, 0.3) is 102 Å². The highest BCUT2D eigenvalue weighted by molar-refractivity contribution is 5.93. The molecule has 2 heterocycles. The van der Waals surface area contributed by atoms with Crippen LogP contribution in [0.5, 0.6) is 0 Å². The average molecular weight is 769 g/mol. The molecule has 0 aliphatic carbocycles. The van der Waals surface area contributed by atoms with Gasteiger partial charge in [0.2, 0.25) is 0 Å². The summed E-state index contributed by atoms with van der Waals surface area (Å²) in [6.07, 6.45) is 0. The first-order chi connectivity index (χ1) is 29.7. The van der Waals surface area contributed by atoms with E-state index >= 15 is 0 Å². The molecule has 0 unspecified atom stereocenters. The molecule has 0 saturated heterocycles. The number of hydrogen-bond acceptors (Lipinski definition) is 6. The molecule has 2 aromatic heterocycles. The standard InChI is InChI=1S/C54H36N6/c1-6-20-37(21-7-1)43-30-16-18-32-46(43)53-58-51(41-28-14-5-15-29-41)59-54(60-53)47-33-19-17-31-44(47)45-35-34-42(36-48(45)38-22-8-2-9-23-38)52-56-49(39-24-10-3-11-25-39)55-50(57-52)40-26-12-4-13-27-40/h1-36H. The van der Waals surface area contributed by atoms with Gasteiger partial charge >= 0.3 is 0 Å². The second-order valence-corrected chi connectivity index (χ2v) is 14.3. The minimum Gasteiger partial charge on any atom is -0.208 e. The predicted molar refractivity (Wildman–Crippen MR) is 242 cm³/mol. The molecule has 0 amide bonds. The first-order valence-corrected chi connectivity index (χ1v) is 19.9. The molecule has 10 aromatic rings. The third-order valence-electron chi connectivity index (χ3n) is 10.4. The summed E-state index contributed by atoms with van der Waals surface area (Å²) in [6, 6.07) is 74.1. The van der Waals surface area contributed by atoms with Crippen molar-refractivity contribution in [3.63, 3.8) is 0 Å². The van der Waals surface area contributed by atoms with Gasteiger partial charge in [0.25, 0.3) is 0 Å². The Morgan fingerprint density at radius 2 is 0.450 bits per heavy atom. The van der Waals surface area contributed by atoms with Gasteiger partial charge < -0.3 is 0 Å². The molecule has 0 atom stereocenters. The van der Waals surface area contributed by atoms with Gasteiger partial charge in [-0.25, -0.2) is 29.9 Å². The molecule has 0 bridgehead atoms. The maximum atomic E-state index is 5.27. The summed E-state index contributed by atoms with van der Waals surface area (Å²) in [7, 11) is 0. The van der Waals surface area contributed by atoms with E-state index in [1.54, 1.807) is 0 Å². The zero-order chi connectivity index (χ0) is 40.1. The molecule has 8 aromatic carbocycles. The van der Waals surface area contributed by atoms with Crippen molar-refractivity contribution in [1.29, 1.82) is 0 Å². The zero-order valence-electron chi connectivity index (χ0n) is 32.5. The molecule has 0 fully saturated rings. The minimum absolute atomic E-state index is 0.581. The van der Waals surface area contributed by atoms with Gasteiger partial charge in [-0.15, -0.1) is 0 Å². The second kappa shape index (κ2) is 16.3. The third-order valence-corrected chi connectivity index (χ3v) is 10.4. The Morgan fingerprint density at radius 1 is 0.167 bits per heavy atom. The molecular weight excluding hydrogens is 733 g/mol. The highest BCUT2D eigenvalue weighted by atomic mass is 15.0. The topological polar surface area (TPSA) is 77.3 Å². The summed E-state index contributed by atoms with van der Waals surface area (Å²) >= 11 is 0. The minimum atomic E-state index is 0.581. The fourth-order valence-electron chi connectivity index (χ4n) is 7.51. The van der Waals surface area contributed by atoms with E-state index in [1.165, 1.54) is 0 Å². The van der Waals surface area contributed by atoms with Gasteiger partial charge in [-0.3, -0.25) is 0 Å². The Balaban J connectivity index is 1.16. The largest absolute Gasteiger partial charge is 0.208 e. The van der Waals surface area contributed by atoms with Gasteiger partial charge in [-0.2, -0.15) is 0 Å². The van der Waals surface area contributed by atoms with Crippen LogP contribution in [0, 0.1) is 0 Å². The number of hydrogen-bond donors (Lipinski definition) is 0. The maximum Gasteiger partial charge on any atom is 0.164 e. The monoisotopic (exact) mass is 768 g/mol. The molecule has 6 nitrogen and oxygen atoms in total. The van der Waals surface area contributed by atoms with Gasteiger partial charge in [0.15, 0.2) is 34.9 Å². The number of nitrogens with zero attached hydrogens (tertiary/aromatic N) is 6. The molecule has 10 rings (SSSR count). The lowest BCUT2D eigenvalue weighted by Crippen LogP contribution is -2.02. The van der Waals surface area contributed by atoms with E-state index in [2.05, 4.69) is 103 Å². The fraction of sp³-hybridized carbons (Fsp3) is 0. The van der Waals surface area contributed by atoms with Crippen molar-refractivity contribution in [2.24, 2.45) is 0 Å². The van der Waals surface area contributed by atoms with Crippen LogP contribution >= 0.6 is 0 Å². The molecule has 0 saturated carbocycles. The van der Waals surface area contributed by atoms with Crippen molar-refractivity contribution in [2.45, 2.75) is 0 Å². The van der Waals surface area contributed by atoms with Gasteiger partial charge in [-0.05, 0) is 39.4 Å². The van der Waals surface area contributed by atoms with Gasteiger partial charge in [0.05, 0.1) is 0 Å². The van der Waals surface area contributed by atoms with E-state index in [4.69, 9.17) is 29.9 Å². The lowest BCUT2D eigenvalue weighted by molar-refractivity contribution is 1.07. The highest BCUT2D eigenvalue weighted by Gasteiger charge is 2.21. The molecular formula is C54H36N6. The summed E-state index contributed by atoms with van der Waals surface area (Å²) in [6.45, 7) is 0. The normalized spacial score (nSPS) is 11.0. The molecule has 0 N–H and O–H groups in total. The van der Waals surface area contributed by atoms with Crippen LogP contribution in [0.4, 0.5) is 0 Å². The van der Waals surface area contributed by atoms with Crippen LogP contribution in [0.2, 0.25) is 0 Å². The Morgan fingerprint density at radius 3 is 0.900 bits per heavy atom. The zero-order valence-corrected chi connectivity index (χ0v) is 32.5. The van der Waals surface area contributed by atoms with Crippen LogP contribution < -0.4 is 0 Å². The first-order valence-electron chi connectivity index (χ1n) is 19.9. The van der Waals surface area contributed by atoms with Crippen molar-refractivity contribution in [3.8, 4) is 102 Å². The fourth-order valence-corrected chi connectivity index (χ4v) is 7.51. The smallest absolute Gasteiger partial charge is 0.164 e. The quantitative estimate of drug-likeness (QED) is 0.145. The number of aromatic nitrogens is 6. The Bertz CT molecular complexity index is 3010. The SMILES string of the molecule is c1ccc(-c2nc(-c3ccccc3)nc(-c3ccc(-c4ccccc4-c4nc(-c5ccccc5)nc(-c5ccccc5-c5ccccc5)n4)c(-c4ccccc4)c3)n2)cc1. The van der Waals surface area contributed by atoms with Gasteiger partial charge in [-0.1, -0.05) is 212 Å². The second-order valence-electron chi connectivity index (χ2n) is 14.3. The summed E-state index contributed by atoms with van der Waals surface area (Å²) < 4.78 is 0. The first kappa shape index (κ1) is 36.1. The number of benzene rings is 8. The highest BCUT2D eigenvalue weighted by Crippen LogP contribution is 2.41. The van der Waals surface area contributed by atoms with Crippen molar-refractivity contribution >= 4 is 0 Å². The average Bonchev–Trinajstić information content (AvgIpc) is 3.35. The van der Waals surface area contributed by atoms with E-state index in [9.17, 15) is 0 Å². The maximum absolute atomic E-state index is 5.27.